The van der Waals surface area contributed by atoms with Crippen molar-refractivity contribution in [3.05, 3.63) is 48.6 Å². The highest BCUT2D eigenvalue weighted by Crippen LogP contribution is 2.43. The van der Waals surface area contributed by atoms with Crippen LogP contribution in [0.15, 0.2) is 48.6 Å². The lowest BCUT2D eigenvalue weighted by molar-refractivity contribution is -0.161. The van der Waals surface area contributed by atoms with E-state index >= 15 is 0 Å². The number of carbonyl (C=O) groups excluding carboxylic acids is 2. The van der Waals surface area contributed by atoms with Gasteiger partial charge in [0.1, 0.15) is 12.7 Å². The summed E-state index contributed by atoms with van der Waals surface area (Å²) in [4.78, 5) is 34.9. The van der Waals surface area contributed by atoms with Crippen LogP contribution in [0, 0.1) is 0 Å². The number of rotatable bonds is 39. The smallest absolute Gasteiger partial charge is 0.462 e. The van der Waals surface area contributed by atoms with E-state index in [1.165, 1.54) is 77.0 Å². The minimum Gasteiger partial charge on any atom is -0.462 e. The monoisotopic (exact) mass is 785 g/mol. The van der Waals surface area contributed by atoms with Crippen LogP contribution in [0.3, 0.4) is 0 Å². The van der Waals surface area contributed by atoms with Crippen molar-refractivity contribution in [2.45, 2.75) is 187 Å². The van der Waals surface area contributed by atoms with Gasteiger partial charge in [-0.15, -0.1) is 0 Å². The molecule has 0 aromatic heterocycles. The van der Waals surface area contributed by atoms with Crippen molar-refractivity contribution in [2.24, 2.45) is 0 Å². The molecule has 0 aromatic carbocycles. The number of aliphatic hydroxyl groups excluding tert-OH is 2. The third-order valence-corrected chi connectivity index (χ3v) is 9.69. The third-order valence-electron chi connectivity index (χ3n) is 8.74. The number of ether oxygens (including phenoxy) is 2. The van der Waals surface area contributed by atoms with Crippen LogP contribution in [-0.4, -0.2) is 65.7 Å². The molecule has 0 fully saturated rings. The van der Waals surface area contributed by atoms with E-state index < -0.39 is 51.8 Å². The summed E-state index contributed by atoms with van der Waals surface area (Å²) < 4.78 is 32.6. The van der Waals surface area contributed by atoms with Gasteiger partial charge in [0, 0.05) is 12.8 Å². The van der Waals surface area contributed by atoms with Gasteiger partial charge in [0.15, 0.2) is 6.10 Å². The Morgan fingerprint density at radius 3 is 1.48 bits per heavy atom. The Kier molecular flexibility index (Phi) is 37.7. The number of phosphoric ester groups is 1. The van der Waals surface area contributed by atoms with Crippen LogP contribution >= 0.6 is 7.82 Å². The van der Waals surface area contributed by atoms with Gasteiger partial charge in [-0.2, -0.15) is 0 Å². The molecular weight excluding hydrogens is 707 g/mol. The van der Waals surface area contributed by atoms with Crippen molar-refractivity contribution < 1.29 is 47.8 Å². The highest BCUT2D eigenvalue weighted by molar-refractivity contribution is 7.47. The van der Waals surface area contributed by atoms with E-state index in [4.69, 9.17) is 19.1 Å². The molecule has 11 heteroatoms. The second-order valence-electron chi connectivity index (χ2n) is 14.0. The molecule has 3 N–H and O–H groups in total. The lowest BCUT2D eigenvalue weighted by atomic mass is 10.0. The number of unbranched alkanes of at least 4 members (excludes halogenated alkanes) is 17. The molecule has 3 atom stereocenters. The number of hydrogen-bond donors (Lipinski definition) is 3. The van der Waals surface area contributed by atoms with E-state index in [1.54, 1.807) is 0 Å². The Balaban J connectivity index is 4.36. The highest BCUT2D eigenvalue weighted by Gasteiger charge is 2.27. The van der Waals surface area contributed by atoms with Crippen LogP contribution in [0.5, 0.6) is 0 Å². The Morgan fingerprint density at radius 2 is 0.963 bits per heavy atom. The molecule has 0 aliphatic carbocycles. The Morgan fingerprint density at radius 1 is 0.556 bits per heavy atom. The third kappa shape index (κ3) is 38.2. The molecule has 1 unspecified atom stereocenters. The predicted octanol–water partition coefficient (Wildman–Crippen LogP) is 10.9. The first-order valence-electron chi connectivity index (χ1n) is 21.1. The van der Waals surface area contributed by atoms with E-state index in [0.29, 0.717) is 12.8 Å². The molecule has 0 amide bonds. The maximum atomic E-state index is 12.6. The van der Waals surface area contributed by atoms with Gasteiger partial charge in [0.25, 0.3) is 0 Å². The van der Waals surface area contributed by atoms with Crippen molar-refractivity contribution in [2.75, 3.05) is 26.4 Å². The lowest BCUT2D eigenvalue weighted by Crippen LogP contribution is -2.29. The van der Waals surface area contributed by atoms with Crippen molar-refractivity contribution in [3.63, 3.8) is 0 Å². The Labute approximate surface area is 328 Å². The van der Waals surface area contributed by atoms with Gasteiger partial charge in [-0.05, 0) is 57.8 Å². The lowest BCUT2D eigenvalue weighted by Gasteiger charge is -2.20. The Hall–Kier alpha value is -2.07. The van der Waals surface area contributed by atoms with Crippen LogP contribution in [0.25, 0.3) is 0 Å². The first-order chi connectivity index (χ1) is 26.2. The summed E-state index contributed by atoms with van der Waals surface area (Å²) in [5.74, 6) is -0.961. The fraction of sp³-hybridized carbons (Fsp3) is 0.767. The van der Waals surface area contributed by atoms with Gasteiger partial charge in [-0.25, -0.2) is 4.57 Å². The molecule has 0 radical (unpaired) electrons. The molecule has 0 aliphatic heterocycles. The molecule has 0 saturated heterocycles. The van der Waals surface area contributed by atoms with E-state index in [9.17, 15) is 24.2 Å². The number of esters is 2. The number of aliphatic hydroxyl groups is 2. The van der Waals surface area contributed by atoms with Crippen LogP contribution < -0.4 is 0 Å². The van der Waals surface area contributed by atoms with Crippen molar-refractivity contribution in [3.8, 4) is 0 Å². The SMILES string of the molecule is CCCCC/C=C/C/C=C/C/C=C/C/C=C/CCCCCC(=O)OC[C@@H](COP(=O)(O)OC[C@H](O)CO)OC(=O)CCCCCCCCCCCCCC. The summed E-state index contributed by atoms with van der Waals surface area (Å²) in [6.07, 6.45) is 40.8. The van der Waals surface area contributed by atoms with Crippen LogP contribution in [0.4, 0.5) is 0 Å². The van der Waals surface area contributed by atoms with Gasteiger partial charge in [-0.3, -0.25) is 18.6 Å². The Bertz CT molecular complexity index is 1040. The van der Waals surface area contributed by atoms with Crippen molar-refractivity contribution in [1.29, 1.82) is 0 Å². The molecule has 10 nitrogen and oxygen atoms in total. The molecule has 54 heavy (non-hydrogen) atoms. The standard InChI is InChI=1S/C43H77O10P/c1-3-5-7-9-11-13-15-17-18-19-20-21-22-23-25-26-28-30-32-34-42(46)50-38-41(39-52-54(48,49)51-37-40(45)36-44)53-43(47)35-33-31-29-27-24-16-14-12-10-8-6-4-2/h11,13,17-18,20-21,23,25,40-41,44-45H,3-10,12,14-16,19,22,24,26-39H2,1-2H3,(H,48,49)/b13-11+,18-17+,21-20+,25-23+/t40-,41+/m1/s1. The summed E-state index contributed by atoms with van der Waals surface area (Å²) in [5, 5.41) is 18.3. The summed E-state index contributed by atoms with van der Waals surface area (Å²) in [6.45, 7) is 2.30. The normalized spacial score (nSPS) is 14.4. The predicted molar refractivity (Wildman–Crippen MR) is 219 cm³/mol. The molecule has 0 aliphatic rings. The zero-order chi connectivity index (χ0) is 39.8. The quantitative estimate of drug-likeness (QED) is 0.0238. The largest absolute Gasteiger partial charge is 0.472 e. The summed E-state index contributed by atoms with van der Waals surface area (Å²) >= 11 is 0. The molecule has 0 aromatic rings. The van der Waals surface area contributed by atoms with E-state index in [1.807, 2.05) is 0 Å². The summed E-state index contributed by atoms with van der Waals surface area (Å²) in [5.41, 5.74) is 0. The van der Waals surface area contributed by atoms with Crippen LogP contribution in [0.1, 0.15) is 174 Å². The van der Waals surface area contributed by atoms with Gasteiger partial charge < -0.3 is 24.6 Å². The molecule has 0 rings (SSSR count). The van der Waals surface area contributed by atoms with Gasteiger partial charge in [0.2, 0.25) is 0 Å². The zero-order valence-electron chi connectivity index (χ0n) is 33.9. The molecule has 314 valence electrons. The maximum absolute atomic E-state index is 12.6. The summed E-state index contributed by atoms with van der Waals surface area (Å²) in [6, 6.07) is 0. The topological polar surface area (TPSA) is 149 Å². The van der Waals surface area contributed by atoms with Gasteiger partial charge >= 0.3 is 19.8 Å². The maximum Gasteiger partial charge on any atom is 0.472 e. The zero-order valence-corrected chi connectivity index (χ0v) is 34.8. The van der Waals surface area contributed by atoms with E-state index in [2.05, 4.69) is 67.0 Å². The number of allylic oxidation sites excluding steroid dienone is 8. The molecular formula is C43H77O10P. The molecule has 0 spiro atoms. The van der Waals surface area contributed by atoms with Crippen LogP contribution in [-0.2, 0) is 32.7 Å². The highest BCUT2D eigenvalue weighted by atomic mass is 31.2. The number of carbonyl (C=O) groups is 2. The van der Waals surface area contributed by atoms with Crippen LogP contribution in [0.2, 0.25) is 0 Å². The first kappa shape index (κ1) is 51.9. The average Bonchev–Trinajstić information content (AvgIpc) is 3.16. The second-order valence-corrected chi connectivity index (χ2v) is 15.5. The van der Waals surface area contributed by atoms with Gasteiger partial charge in [0.05, 0.1) is 19.8 Å². The van der Waals surface area contributed by atoms with Gasteiger partial charge in [-0.1, -0.05) is 152 Å². The minimum absolute atomic E-state index is 0.178. The molecule has 0 heterocycles. The second kappa shape index (κ2) is 39.2. The van der Waals surface area contributed by atoms with E-state index in [-0.39, 0.29) is 19.4 Å². The molecule has 0 bridgehead atoms. The minimum atomic E-state index is -4.62. The summed E-state index contributed by atoms with van der Waals surface area (Å²) in [7, 11) is -4.62. The fourth-order valence-electron chi connectivity index (χ4n) is 5.45. The average molecular weight is 785 g/mol. The fourth-order valence-corrected chi connectivity index (χ4v) is 6.24. The first-order valence-corrected chi connectivity index (χ1v) is 22.6. The molecule has 0 saturated carbocycles. The number of phosphoric acid groups is 1. The van der Waals surface area contributed by atoms with E-state index in [0.717, 1.165) is 57.8 Å². The number of hydrogen-bond acceptors (Lipinski definition) is 9. The van der Waals surface area contributed by atoms with Crippen molar-refractivity contribution >= 4 is 19.8 Å². The van der Waals surface area contributed by atoms with Crippen molar-refractivity contribution in [1.82, 2.24) is 0 Å².